The summed E-state index contributed by atoms with van der Waals surface area (Å²) in [5, 5.41) is 3.83. The Hall–Kier alpha value is -3.41. The topological polar surface area (TPSA) is 82.3 Å². The Kier molecular flexibility index (Phi) is 4.03. The number of hydrogen-bond acceptors (Lipinski definition) is 3. The third kappa shape index (κ3) is 2.79. The summed E-state index contributed by atoms with van der Waals surface area (Å²) in [4.78, 5) is 42.1. The van der Waals surface area contributed by atoms with Gasteiger partial charge in [-0.05, 0) is 55.8 Å². The molecule has 2 heterocycles. The quantitative estimate of drug-likeness (QED) is 0.693. The summed E-state index contributed by atoms with van der Waals surface area (Å²) in [5.41, 5.74) is 2.63. The number of fused-ring (bicyclic) bond motifs is 2. The Bertz CT molecular complexity index is 1080. The normalized spacial score (nSPS) is 14.5. The first-order valence-electron chi connectivity index (χ1n) is 8.90. The lowest BCUT2D eigenvalue weighted by molar-refractivity contribution is 0.0593. The zero-order valence-corrected chi connectivity index (χ0v) is 15.1. The summed E-state index contributed by atoms with van der Waals surface area (Å²) in [6.45, 7) is 3.76. The molecule has 0 spiro atoms. The van der Waals surface area contributed by atoms with Gasteiger partial charge in [-0.15, -0.1) is 0 Å². The molecule has 0 saturated carbocycles. The standard InChI is InChI=1S/C21H19N3O3/c1-3-12(2)24-20(26)16-6-4-14(11-17(16)21(24)27)19(25)23-15-5-7-18-13(10-15)8-9-22-18/h4-12,22H,3H2,1-2H3,(H,23,25)/t12-/m0/s1. The lowest BCUT2D eigenvalue weighted by Gasteiger charge is -2.20. The Morgan fingerprint density at radius 2 is 1.85 bits per heavy atom. The van der Waals surface area contributed by atoms with Crippen LogP contribution < -0.4 is 5.32 Å². The molecule has 3 aromatic rings. The van der Waals surface area contributed by atoms with Crippen LogP contribution in [-0.2, 0) is 0 Å². The fourth-order valence-corrected chi connectivity index (χ4v) is 3.32. The van der Waals surface area contributed by atoms with Crippen LogP contribution in [0.25, 0.3) is 10.9 Å². The van der Waals surface area contributed by atoms with E-state index >= 15 is 0 Å². The fourth-order valence-electron chi connectivity index (χ4n) is 3.32. The predicted octanol–water partition coefficient (Wildman–Crippen LogP) is 3.81. The maximum atomic E-state index is 12.6. The van der Waals surface area contributed by atoms with Crippen molar-refractivity contribution in [2.45, 2.75) is 26.3 Å². The van der Waals surface area contributed by atoms with Gasteiger partial charge >= 0.3 is 0 Å². The summed E-state index contributed by atoms with van der Waals surface area (Å²) in [6, 6.07) is 12.0. The zero-order valence-electron chi connectivity index (χ0n) is 15.1. The molecule has 3 amide bonds. The zero-order chi connectivity index (χ0) is 19.1. The summed E-state index contributed by atoms with van der Waals surface area (Å²) >= 11 is 0. The average Bonchev–Trinajstić information content (AvgIpc) is 3.23. The van der Waals surface area contributed by atoms with Crippen LogP contribution in [0.15, 0.2) is 48.7 Å². The van der Waals surface area contributed by atoms with Crippen molar-refractivity contribution in [2.75, 3.05) is 5.32 Å². The number of imide groups is 1. The molecule has 1 aliphatic rings. The average molecular weight is 361 g/mol. The minimum Gasteiger partial charge on any atom is -0.361 e. The van der Waals surface area contributed by atoms with Crippen LogP contribution in [0.2, 0.25) is 0 Å². The number of benzene rings is 2. The molecule has 4 rings (SSSR count). The van der Waals surface area contributed by atoms with E-state index in [-0.39, 0.29) is 29.3 Å². The summed E-state index contributed by atoms with van der Waals surface area (Å²) < 4.78 is 0. The maximum Gasteiger partial charge on any atom is 0.261 e. The lowest BCUT2D eigenvalue weighted by atomic mass is 10.1. The second-order valence-electron chi connectivity index (χ2n) is 6.73. The highest BCUT2D eigenvalue weighted by molar-refractivity contribution is 6.22. The van der Waals surface area contributed by atoms with E-state index in [1.54, 1.807) is 12.1 Å². The van der Waals surface area contributed by atoms with Gasteiger partial charge in [-0.25, -0.2) is 0 Å². The molecular formula is C21H19N3O3. The van der Waals surface area contributed by atoms with Crippen molar-refractivity contribution in [3.63, 3.8) is 0 Å². The highest BCUT2D eigenvalue weighted by atomic mass is 16.2. The first-order chi connectivity index (χ1) is 13.0. The predicted molar refractivity (Wildman–Crippen MR) is 103 cm³/mol. The maximum absolute atomic E-state index is 12.6. The van der Waals surface area contributed by atoms with Crippen LogP contribution in [0.1, 0.15) is 51.3 Å². The number of H-pyrrole nitrogens is 1. The largest absolute Gasteiger partial charge is 0.361 e. The Labute approximate surface area is 156 Å². The van der Waals surface area contributed by atoms with Crippen molar-refractivity contribution >= 4 is 34.3 Å². The van der Waals surface area contributed by atoms with Crippen LogP contribution in [0.5, 0.6) is 0 Å². The number of nitrogens with one attached hydrogen (secondary N) is 2. The molecule has 1 aliphatic heterocycles. The van der Waals surface area contributed by atoms with E-state index in [1.165, 1.54) is 11.0 Å². The number of aromatic amines is 1. The SMILES string of the molecule is CC[C@H](C)N1C(=O)c2ccc(C(=O)Nc3ccc4[nH]ccc4c3)cc2C1=O. The molecule has 2 aromatic carbocycles. The summed E-state index contributed by atoms with van der Waals surface area (Å²) in [5.74, 6) is -0.961. The molecule has 0 fully saturated rings. The van der Waals surface area contributed by atoms with Crippen LogP contribution in [0.4, 0.5) is 5.69 Å². The fraction of sp³-hybridized carbons (Fsp3) is 0.190. The lowest BCUT2D eigenvalue weighted by Crippen LogP contribution is -2.37. The summed E-state index contributed by atoms with van der Waals surface area (Å²) in [6.07, 6.45) is 2.52. The number of rotatable bonds is 4. The van der Waals surface area contributed by atoms with Crippen molar-refractivity contribution < 1.29 is 14.4 Å². The number of anilines is 1. The molecule has 6 heteroatoms. The molecule has 6 nitrogen and oxygen atoms in total. The monoisotopic (exact) mass is 361 g/mol. The Balaban J connectivity index is 1.61. The van der Waals surface area contributed by atoms with E-state index in [1.807, 2.05) is 44.3 Å². The Morgan fingerprint density at radius 3 is 2.63 bits per heavy atom. The van der Waals surface area contributed by atoms with Crippen molar-refractivity contribution in [3.8, 4) is 0 Å². The number of carbonyl (C=O) groups excluding carboxylic acids is 3. The molecule has 0 saturated heterocycles. The van der Waals surface area contributed by atoms with E-state index in [0.29, 0.717) is 23.2 Å². The van der Waals surface area contributed by atoms with Crippen LogP contribution in [0, 0.1) is 0 Å². The smallest absolute Gasteiger partial charge is 0.261 e. The molecule has 1 atom stereocenters. The van der Waals surface area contributed by atoms with Gasteiger partial charge in [0.15, 0.2) is 0 Å². The molecule has 27 heavy (non-hydrogen) atoms. The third-order valence-electron chi connectivity index (χ3n) is 5.02. The number of nitrogens with zero attached hydrogens (tertiary/aromatic N) is 1. The first-order valence-corrected chi connectivity index (χ1v) is 8.90. The minimum absolute atomic E-state index is 0.178. The van der Waals surface area contributed by atoms with Gasteiger partial charge in [-0.1, -0.05) is 6.92 Å². The van der Waals surface area contributed by atoms with Crippen LogP contribution >= 0.6 is 0 Å². The minimum atomic E-state index is -0.340. The third-order valence-corrected chi connectivity index (χ3v) is 5.02. The van der Waals surface area contributed by atoms with Gasteiger partial charge in [0.2, 0.25) is 0 Å². The highest BCUT2D eigenvalue weighted by Gasteiger charge is 2.38. The Morgan fingerprint density at radius 1 is 1.07 bits per heavy atom. The van der Waals surface area contributed by atoms with E-state index in [0.717, 1.165) is 10.9 Å². The van der Waals surface area contributed by atoms with Crippen molar-refractivity contribution in [3.05, 3.63) is 65.4 Å². The van der Waals surface area contributed by atoms with E-state index in [4.69, 9.17) is 0 Å². The molecular weight excluding hydrogens is 342 g/mol. The van der Waals surface area contributed by atoms with Gasteiger partial charge in [0.05, 0.1) is 11.1 Å². The van der Waals surface area contributed by atoms with E-state index in [9.17, 15) is 14.4 Å². The first kappa shape index (κ1) is 17.0. The van der Waals surface area contributed by atoms with Gasteiger partial charge in [-0.2, -0.15) is 0 Å². The molecule has 2 N–H and O–H groups in total. The van der Waals surface area contributed by atoms with Crippen molar-refractivity contribution in [1.82, 2.24) is 9.88 Å². The molecule has 0 unspecified atom stereocenters. The van der Waals surface area contributed by atoms with Crippen LogP contribution in [0.3, 0.4) is 0 Å². The van der Waals surface area contributed by atoms with Gasteiger partial charge in [0, 0.05) is 34.4 Å². The highest BCUT2D eigenvalue weighted by Crippen LogP contribution is 2.27. The number of aromatic nitrogens is 1. The number of carbonyl (C=O) groups is 3. The second-order valence-corrected chi connectivity index (χ2v) is 6.73. The summed E-state index contributed by atoms with van der Waals surface area (Å²) in [7, 11) is 0. The molecule has 136 valence electrons. The molecule has 0 aliphatic carbocycles. The van der Waals surface area contributed by atoms with E-state index in [2.05, 4.69) is 10.3 Å². The van der Waals surface area contributed by atoms with E-state index < -0.39 is 0 Å². The van der Waals surface area contributed by atoms with Crippen molar-refractivity contribution in [1.29, 1.82) is 0 Å². The van der Waals surface area contributed by atoms with Crippen molar-refractivity contribution in [2.24, 2.45) is 0 Å². The number of hydrogen-bond donors (Lipinski definition) is 2. The van der Waals surface area contributed by atoms with Gasteiger partial charge in [0.1, 0.15) is 0 Å². The molecule has 1 aromatic heterocycles. The van der Waals surface area contributed by atoms with Gasteiger partial charge < -0.3 is 10.3 Å². The second kappa shape index (κ2) is 6.39. The van der Waals surface area contributed by atoms with Gasteiger partial charge in [-0.3, -0.25) is 19.3 Å². The van der Waals surface area contributed by atoms with Crippen LogP contribution in [-0.4, -0.2) is 33.6 Å². The molecule has 0 radical (unpaired) electrons. The van der Waals surface area contributed by atoms with Gasteiger partial charge in [0.25, 0.3) is 17.7 Å². The molecule has 0 bridgehead atoms. The number of amides is 3.